The van der Waals surface area contributed by atoms with Crippen molar-refractivity contribution >= 4 is 34.6 Å². The first-order valence-corrected chi connectivity index (χ1v) is 5.52. The first-order valence-electron chi connectivity index (χ1n) is 4.77. The lowest BCUT2D eigenvalue weighted by atomic mass is 10.2. The Hall–Kier alpha value is -1.76. The van der Waals surface area contributed by atoms with Crippen molar-refractivity contribution in [3.63, 3.8) is 0 Å². The summed E-state index contributed by atoms with van der Waals surface area (Å²) in [5, 5.41) is 13.1. The van der Waals surface area contributed by atoms with Crippen LogP contribution in [0.15, 0.2) is 36.7 Å². The van der Waals surface area contributed by atoms with E-state index < -0.39 is 0 Å². The maximum absolute atomic E-state index is 8.94. The van der Waals surface area contributed by atoms with E-state index in [1.165, 1.54) is 0 Å². The van der Waals surface area contributed by atoms with Gasteiger partial charge in [-0.1, -0.05) is 23.2 Å². The number of halogens is 2. The van der Waals surface area contributed by atoms with Crippen LogP contribution < -0.4 is 5.32 Å². The molecule has 0 radical (unpaired) electrons. The van der Waals surface area contributed by atoms with Crippen LogP contribution in [0.3, 0.4) is 0 Å². The number of rotatable bonds is 2. The molecule has 84 valence electrons. The van der Waals surface area contributed by atoms with Crippen LogP contribution in [0.4, 0.5) is 11.4 Å². The summed E-state index contributed by atoms with van der Waals surface area (Å²) in [6, 6.07) is 8.78. The van der Waals surface area contributed by atoms with Gasteiger partial charge < -0.3 is 5.32 Å². The topological polar surface area (TPSA) is 48.7 Å². The molecule has 1 aromatic carbocycles. The highest BCUT2D eigenvalue weighted by Crippen LogP contribution is 2.29. The zero-order chi connectivity index (χ0) is 12.3. The predicted molar refractivity (Wildman–Crippen MR) is 68.7 cm³/mol. The molecule has 0 aliphatic carbocycles. The van der Waals surface area contributed by atoms with Crippen molar-refractivity contribution in [1.82, 2.24) is 4.98 Å². The standard InChI is InChI=1S/C12H7Cl2N3/c13-9-1-2-10(14)11(5-9)17-12-7-16-4-3-8(12)6-15/h1-5,7,17H. The smallest absolute Gasteiger partial charge is 0.101 e. The predicted octanol–water partition coefficient (Wildman–Crippen LogP) is 4.00. The lowest BCUT2D eigenvalue weighted by molar-refractivity contribution is 1.30. The van der Waals surface area contributed by atoms with Gasteiger partial charge in [-0.25, -0.2) is 0 Å². The molecule has 2 aromatic rings. The molecule has 0 amide bonds. The van der Waals surface area contributed by atoms with Gasteiger partial charge in [0.2, 0.25) is 0 Å². The van der Waals surface area contributed by atoms with Crippen molar-refractivity contribution in [3.05, 3.63) is 52.3 Å². The van der Waals surface area contributed by atoms with Gasteiger partial charge >= 0.3 is 0 Å². The molecule has 0 saturated carbocycles. The van der Waals surface area contributed by atoms with Crippen molar-refractivity contribution in [1.29, 1.82) is 5.26 Å². The van der Waals surface area contributed by atoms with Crippen molar-refractivity contribution in [3.8, 4) is 6.07 Å². The van der Waals surface area contributed by atoms with Gasteiger partial charge in [0.05, 0.1) is 28.2 Å². The lowest BCUT2D eigenvalue weighted by Gasteiger charge is -2.09. The number of aromatic nitrogens is 1. The summed E-state index contributed by atoms with van der Waals surface area (Å²) in [5.41, 5.74) is 1.74. The third kappa shape index (κ3) is 2.68. The summed E-state index contributed by atoms with van der Waals surface area (Å²) < 4.78 is 0. The van der Waals surface area contributed by atoms with Crippen molar-refractivity contribution in [2.75, 3.05) is 5.32 Å². The van der Waals surface area contributed by atoms with E-state index in [1.807, 2.05) is 0 Å². The highest BCUT2D eigenvalue weighted by Gasteiger charge is 2.05. The third-order valence-corrected chi connectivity index (χ3v) is 2.70. The largest absolute Gasteiger partial charge is 0.352 e. The number of benzene rings is 1. The Morgan fingerprint density at radius 3 is 2.76 bits per heavy atom. The molecule has 5 heteroatoms. The molecule has 0 atom stereocenters. The summed E-state index contributed by atoms with van der Waals surface area (Å²) in [4.78, 5) is 3.95. The Labute approximate surface area is 109 Å². The average molecular weight is 264 g/mol. The van der Waals surface area contributed by atoms with E-state index in [9.17, 15) is 0 Å². The fourth-order valence-corrected chi connectivity index (χ4v) is 1.67. The zero-order valence-corrected chi connectivity index (χ0v) is 10.1. The van der Waals surface area contributed by atoms with Crippen LogP contribution in [0, 0.1) is 11.3 Å². The van der Waals surface area contributed by atoms with Crippen LogP contribution in [0.25, 0.3) is 0 Å². The van der Waals surface area contributed by atoms with Crippen molar-refractivity contribution in [2.45, 2.75) is 0 Å². The van der Waals surface area contributed by atoms with Gasteiger partial charge in [-0.15, -0.1) is 0 Å². The van der Waals surface area contributed by atoms with Crippen LogP contribution in [0.2, 0.25) is 10.0 Å². The van der Waals surface area contributed by atoms with Gasteiger partial charge in [0.15, 0.2) is 0 Å². The number of pyridine rings is 1. The van der Waals surface area contributed by atoms with Gasteiger partial charge in [-0.05, 0) is 24.3 Å². The minimum Gasteiger partial charge on any atom is -0.352 e. The summed E-state index contributed by atoms with van der Waals surface area (Å²) >= 11 is 11.9. The lowest BCUT2D eigenvalue weighted by Crippen LogP contribution is -1.95. The zero-order valence-electron chi connectivity index (χ0n) is 8.61. The highest BCUT2D eigenvalue weighted by atomic mass is 35.5. The van der Waals surface area contributed by atoms with Crippen molar-refractivity contribution < 1.29 is 0 Å². The molecule has 0 fully saturated rings. The molecule has 1 N–H and O–H groups in total. The average Bonchev–Trinajstić information content (AvgIpc) is 2.34. The summed E-state index contributed by atoms with van der Waals surface area (Å²) in [6.45, 7) is 0. The molecule has 2 rings (SSSR count). The van der Waals surface area contributed by atoms with E-state index in [2.05, 4.69) is 16.4 Å². The van der Waals surface area contributed by atoms with E-state index >= 15 is 0 Å². The molecule has 0 aliphatic heterocycles. The Morgan fingerprint density at radius 2 is 2.00 bits per heavy atom. The SMILES string of the molecule is N#Cc1ccncc1Nc1cc(Cl)ccc1Cl. The number of anilines is 2. The van der Waals surface area contributed by atoms with E-state index in [1.54, 1.807) is 36.7 Å². The van der Waals surface area contributed by atoms with Crippen LogP contribution in [-0.2, 0) is 0 Å². The minimum atomic E-state index is 0.496. The number of hydrogen-bond donors (Lipinski definition) is 1. The number of nitrogens with zero attached hydrogens (tertiary/aromatic N) is 2. The molecule has 1 aromatic heterocycles. The number of nitriles is 1. The summed E-state index contributed by atoms with van der Waals surface area (Å²) in [6.07, 6.45) is 3.12. The molecule has 0 aliphatic rings. The van der Waals surface area contributed by atoms with Gasteiger partial charge in [0.1, 0.15) is 6.07 Å². The summed E-state index contributed by atoms with van der Waals surface area (Å²) in [5.74, 6) is 0. The fraction of sp³-hybridized carbons (Fsp3) is 0. The van der Waals surface area contributed by atoms with Crippen LogP contribution in [0.1, 0.15) is 5.56 Å². The summed E-state index contributed by atoms with van der Waals surface area (Å²) in [7, 11) is 0. The highest BCUT2D eigenvalue weighted by molar-refractivity contribution is 6.35. The Morgan fingerprint density at radius 1 is 1.18 bits per heavy atom. The molecular formula is C12H7Cl2N3. The first kappa shape index (κ1) is 11.7. The molecule has 3 nitrogen and oxygen atoms in total. The molecule has 1 heterocycles. The maximum Gasteiger partial charge on any atom is 0.101 e. The van der Waals surface area contributed by atoms with Gasteiger partial charge in [0.25, 0.3) is 0 Å². The monoisotopic (exact) mass is 263 g/mol. The second-order valence-electron chi connectivity index (χ2n) is 3.28. The second kappa shape index (κ2) is 5.05. The van der Waals surface area contributed by atoms with Gasteiger partial charge in [-0.2, -0.15) is 5.26 Å². The van der Waals surface area contributed by atoms with E-state index in [0.717, 1.165) is 0 Å². The van der Waals surface area contributed by atoms with E-state index in [-0.39, 0.29) is 0 Å². The molecule has 0 unspecified atom stereocenters. The van der Waals surface area contributed by atoms with Gasteiger partial charge in [-0.3, -0.25) is 4.98 Å². The van der Waals surface area contributed by atoms with Crippen LogP contribution >= 0.6 is 23.2 Å². The fourth-order valence-electron chi connectivity index (χ4n) is 1.33. The molecule has 17 heavy (non-hydrogen) atoms. The molecular weight excluding hydrogens is 257 g/mol. The van der Waals surface area contributed by atoms with Crippen LogP contribution in [0.5, 0.6) is 0 Å². The quantitative estimate of drug-likeness (QED) is 0.891. The third-order valence-electron chi connectivity index (χ3n) is 2.14. The first-order chi connectivity index (χ1) is 8.20. The van der Waals surface area contributed by atoms with Crippen molar-refractivity contribution in [2.24, 2.45) is 0 Å². The Balaban J connectivity index is 2.38. The Bertz CT molecular complexity index is 591. The van der Waals surface area contributed by atoms with E-state index in [0.29, 0.717) is 27.0 Å². The second-order valence-corrected chi connectivity index (χ2v) is 4.13. The van der Waals surface area contributed by atoms with E-state index in [4.69, 9.17) is 28.5 Å². The van der Waals surface area contributed by atoms with Crippen LogP contribution in [-0.4, -0.2) is 4.98 Å². The molecule has 0 bridgehead atoms. The maximum atomic E-state index is 8.94. The number of hydrogen-bond acceptors (Lipinski definition) is 3. The normalized spacial score (nSPS) is 9.71. The molecule has 0 saturated heterocycles. The van der Waals surface area contributed by atoms with Gasteiger partial charge in [0, 0.05) is 11.2 Å². The minimum absolute atomic E-state index is 0.496. The number of nitrogens with one attached hydrogen (secondary N) is 1. The Kier molecular flexibility index (Phi) is 3.48. The molecule has 0 spiro atoms.